The van der Waals surface area contributed by atoms with Crippen LogP contribution in [0.1, 0.15) is 36.8 Å². The summed E-state index contributed by atoms with van der Waals surface area (Å²) in [6.45, 7) is 1.04. The molecule has 0 bridgehead atoms. The van der Waals surface area contributed by atoms with Crippen LogP contribution in [0.2, 0.25) is 0 Å². The summed E-state index contributed by atoms with van der Waals surface area (Å²) < 4.78 is 5.45. The van der Waals surface area contributed by atoms with Gasteiger partial charge in [0.25, 0.3) is 0 Å². The van der Waals surface area contributed by atoms with Gasteiger partial charge in [-0.05, 0) is 36.8 Å². The summed E-state index contributed by atoms with van der Waals surface area (Å²) in [5.41, 5.74) is 11.3. The maximum absolute atomic E-state index is 13.6. The molecule has 1 heterocycles. The maximum atomic E-state index is 13.6. The van der Waals surface area contributed by atoms with E-state index in [9.17, 15) is 19.5 Å². The Hall–Kier alpha value is -4.08. The van der Waals surface area contributed by atoms with Crippen molar-refractivity contribution < 1.29 is 24.2 Å². The lowest BCUT2D eigenvalue weighted by atomic mass is 9.72. The zero-order valence-electron chi connectivity index (χ0n) is 20.1. The monoisotopic (exact) mass is 495 g/mol. The van der Waals surface area contributed by atoms with Gasteiger partial charge in [-0.25, -0.2) is 9.59 Å². The molecule has 1 fully saturated rings. The number of rotatable bonds is 10. The molecule has 36 heavy (non-hydrogen) atoms. The standard InChI is InChI=1S/C26H33N5O5/c27-24(28)29-15-7-12-21(22(32)33)30-23(34)26(20-10-5-2-6-11-20)13-16-31(17-14-26)25(35)36-18-19-8-3-1-4-9-19/h1-6,8-11,21H,7,12-18H2,(H,30,34)(H,32,33)(H4,27,28,29)/t21-/m1/s1. The number of ether oxygens (including phenoxy) is 1. The SMILES string of the molecule is NC(N)=NCCC[C@@H](NC(=O)C1(c2ccccc2)CCN(C(=O)OCc2ccccc2)CC1)C(=O)O. The Morgan fingerprint density at radius 2 is 1.64 bits per heavy atom. The summed E-state index contributed by atoms with van der Waals surface area (Å²) in [6, 6.07) is 17.6. The molecule has 0 spiro atoms. The third kappa shape index (κ3) is 6.97. The number of aliphatic imine (C=N–C) groups is 1. The van der Waals surface area contributed by atoms with Crippen LogP contribution in [-0.4, -0.2) is 59.6 Å². The minimum atomic E-state index is -1.13. The smallest absolute Gasteiger partial charge is 0.410 e. The van der Waals surface area contributed by atoms with Gasteiger partial charge < -0.3 is 31.5 Å². The number of nitrogens with zero attached hydrogens (tertiary/aromatic N) is 2. The Morgan fingerprint density at radius 3 is 2.22 bits per heavy atom. The van der Waals surface area contributed by atoms with Gasteiger partial charge >= 0.3 is 12.1 Å². The van der Waals surface area contributed by atoms with Crippen molar-refractivity contribution in [2.45, 2.75) is 43.7 Å². The Kier molecular flexibility index (Phi) is 9.26. The summed E-state index contributed by atoms with van der Waals surface area (Å²) >= 11 is 0. The van der Waals surface area contributed by atoms with Crippen LogP contribution < -0.4 is 16.8 Å². The summed E-state index contributed by atoms with van der Waals surface area (Å²) in [4.78, 5) is 43.5. The van der Waals surface area contributed by atoms with E-state index in [2.05, 4.69) is 10.3 Å². The molecular formula is C26H33N5O5. The van der Waals surface area contributed by atoms with Crippen molar-refractivity contribution in [1.29, 1.82) is 0 Å². The van der Waals surface area contributed by atoms with Gasteiger partial charge in [0.05, 0.1) is 5.41 Å². The largest absolute Gasteiger partial charge is 0.480 e. The molecule has 0 radical (unpaired) electrons. The van der Waals surface area contributed by atoms with E-state index in [0.29, 0.717) is 32.4 Å². The van der Waals surface area contributed by atoms with Crippen LogP contribution in [0.3, 0.4) is 0 Å². The van der Waals surface area contributed by atoms with E-state index in [0.717, 1.165) is 11.1 Å². The van der Waals surface area contributed by atoms with Crippen molar-refractivity contribution in [3.63, 3.8) is 0 Å². The van der Waals surface area contributed by atoms with Crippen LogP contribution in [0.4, 0.5) is 4.79 Å². The van der Waals surface area contributed by atoms with Crippen molar-refractivity contribution >= 4 is 23.9 Å². The number of aliphatic carboxylic acids is 1. The lowest BCUT2D eigenvalue weighted by Gasteiger charge is -2.41. The molecule has 0 aromatic heterocycles. The molecule has 1 saturated heterocycles. The molecule has 2 aromatic carbocycles. The zero-order chi connectivity index (χ0) is 26.0. The number of piperidine rings is 1. The van der Waals surface area contributed by atoms with Gasteiger partial charge in [-0.15, -0.1) is 0 Å². The molecule has 1 aliphatic heterocycles. The number of carboxylic acids is 1. The quantitative estimate of drug-likeness (QED) is 0.223. The molecule has 2 amide bonds. The van der Waals surface area contributed by atoms with Crippen molar-refractivity contribution in [3.8, 4) is 0 Å². The minimum absolute atomic E-state index is 0.0667. The van der Waals surface area contributed by atoms with Crippen molar-refractivity contribution in [3.05, 3.63) is 71.8 Å². The summed E-state index contributed by atoms with van der Waals surface area (Å²) in [7, 11) is 0. The number of nitrogens with two attached hydrogens (primary N) is 2. The molecule has 2 aromatic rings. The number of benzene rings is 2. The van der Waals surface area contributed by atoms with Gasteiger partial charge in [-0.1, -0.05) is 60.7 Å². The van der Waals surface area contributed by atoms with Crippen LogP contribution in [0.5, 0.6) is 0 Å². The minimum Gasteiger partial charge on any atom is -0.480 e. The molecule has 0 unspecified atom stereocenters. The van der Waals surface area contributed by atoms with Crippen LogP contribution in [0.25, 0.3) is 0 Å². The molecule has 1 aliphatic rings. The Morgan fingerprint density at radius 1 is 1.03 bits per heavy atom. The summed E-state index contributed by atoms with van der Waals surface area (Å²) in [5.74, 6) is -1.57. The number of amides is 2. The van der Waals surface area contributed by atoms with Gasteiger partial charge in [0.1, 0.15) is 12.6 Å². The van der Waals surface area contributed by atoms with E-state index in [1.54, 1.807) is 4.90 Å². The fourth-order valence-electron chi connectivity index (χ4n) is 4.34. The van der Waals surface area contributed by atoms with Crippen LogP contribution in [0.15, 0.2) is 65.7 Å². The third-order valence-electron chi connectivity index (χ3n) is 6.39. The normalized spacial score (nSPS) is 15.4. The molecular weight excluding hydrogens is 462 g/mol. The third-order valence-corrected chi connectivity index (χ3v) is 6.39. The van der Waals surface area contributed by atoms with E-state index in [4.69, 9.17) is 16.2 Å². The highest BCUT2D eigenvalue weighted by atomic mass is 16.6. The molecule has 0 saturated carbocycles. The zero-order valence-corrected chi connectivity index (χ0v) is 20.1. The highest BCUT2D eigenvalue weighted by Crippen LogP contribution is 2.36. The van der Waals surface area contributed by atoms with E-state index >= 15 is 0 Å². The highest BCUT2D eigenvalue weighted by Gasteiger charge is 2.45. The first-order valence-electron chi connectivity index (χ1n) is 11.9. The Bertz CT molecular complexity index is 1050. The summed E-state index contributed by atoms with van der Waals surface area (Å²) in [6.07, 6.45) is 0.812. The maximum Gasteiger partial charge on any atom is 0.410 e. The van der Waals surface area contributed by atoms with Gasteiger partial charge in [-0.3, -0.25) is 9.79 Å². The van der Waals surface area contributed by atoms with E-state index in [1.165, 1.54) is 0 Å². The molecule has 192 valence electrons. The van der Waals surface area contributed by atoms with E-state index < -0.39 is 23.5 Å². The van der Waals surface area contributed by atoms with Crippen LogP contribution in [-0.2, 0) is 26.3 Å². The fourth-order valence-corrected chi connectivity index (χ4v) is 4.34. The molecule has 6 N–H and O–H groups in total. The number of hydrogen-bond acceptors (Lipinski definition) is 5. The Balaban J connectivity index is 1.68. The highest BCUT2D eigenvalue weighted by molar-refractivity contribution is 5.92. The lowest BCUT2D eigenvalue weighted by Crippen LogP contribution is -2.55. The van der Waals surface area contributed by atoms with Crippen molar-refractivity contribution in [2.75, 3.05) is 19.6 Å². The topological polar surface area (TPSA) is 160 Å². The van der Waals surface area contributed by atoms with Gasteiger partial charge in [0.2, 0.25) is 5.91 Å². The predicted molar refractivity (Wildman–Crippen MR) is 135 cm³/mol. The van der Waals surface area contributed by atoms with Crippen molar-refractivity contribution in [1.82, 2.24) is 10.2 Å². The number of nitrogens with one attached hydrogen (secondary N) is 1. The molecule has 10 nitrogen and oxygen atoms in total. The van der Waals surface area contributed by atoms with E-state index in [1.807, 2.05) is 60.7 Å². The van der Waals surface area contributed by atoms with Gasteiger partial charge in [-0.2, -0.15) is 0 Å². The first-order valence-corrected chi connectivity index (χ1v) is 11.9. The Labute approximate surface area is 210 Å². The van der Waals surface area contributed by atoms with Crippen LogP contribution in [0, 0.1) is 0 Å². The number of carboxylic acid groups (broad SMARTS) is 1. The second-order valence-electron chi connectivity index (χ2n) is 8.79. The van der Waals surface area contributed by atoms with Crippen molar-refractivity contribution in [2.24, 2.45) is 16.5 Å². The average Bonchev–Trinajstić information content (AvgIpc) is 2.89. The molecule has 0 aliphatic carbocycles. The number of guanidine groups is 1. The molecule has 3 rings (SSSR count). The number of carbonyl (C=O) groups excluding carboxylic acids is 2. The van der Waals surface area contributed by atoms with Gasteiger partial charge in [0, 0.05) is 19.6 Å². The van der Waals surface area contributed by atoms with Gasteiger partial charge in [0.15, 0.2) is 5.96 Å². The second kappa shape index (κ2) is 12.6. The second-order valence-corrected chi connectivity index (χ2v) is 8.79. The number of likely N-dealkylation sites (tertiary alicyclic amines) is 1. The molecule has 10 heteroatoms. The lowest BCUT2D eigenvalue weighted by molar-refractivity contribution is -0.143. The van der Waals surface area contributed by atoms with E-state index in [-0.39, 0.29) is 31.4 Å². The average molecular weight is 496 g/mol. The number of hydrogen-bond donors (Lipinski definition) is 4. The first-order chi connectivity index (χ1) is 17.3. The molecule has 1 atom stereocenters. The van der Waals surface area contributed by atoms with Crippen LogP contribution >= 0.6 is 0 Å². The predicted octanol–water partition coefficient (Wildman–Crippen LogP) is 1.98. The number of carbonyl (C=O) groups is 3. The first kappa shape index (κ1) is 26.5. The summed E-state index contributed by atoms with van der Waals surface area (Å²) in [5, 5.41) is 12.4. The fraction of sp³-hybridized carbons (Fsp3) is 0.385.